The quantitative estimate of drug-likeness (QED) is 0.563. The zero-order valence-corrected chi connectivity index (χ0v) is 17.6. The van der Waals surface area contributed by atoms with Crippen molar-refractivity contribution in [3.05, 3.63) is 46.8 Å². The number of ether oxygens (including phenoxy) is 1. The van der Waals surface area contributed by atoms with Gasteiger partial charge in [0.25, 0.3) is 0 Å². The fourth-order valence-corrected chi connectivity index (χ4v) is 2.77. The topological polar surface area (TPSA) is 63.5 Å². The van der Waals surface area contributed by atoms with Gasteiger partial charge in [0.1, 0.15) is 0 Å². The van der Waals surface area contributed by atoms with Crippen molar-refractivity contribution in [2.75, 3.05) is 20.7 Å². The second-order valence-electron chi connectivity index (χ2n) is 7.42. The van der Waals surface area contributed by atoms with Crippen molar-refractivity contribution in [2.24, 2.45) is 4.99 Å². The number of hydrogen-bond donors (Lipinski definition) is 2. The van der Waals surface area contributed by atoms with Gasteiger partial charge >= 0.3 is 6.18 Å². The van der Waals surface area contributed by atoms with Crippen molar-refractivity contribution in [3.8, 4) is 5.69 Å². The lowest BCUT2D eigenvalue weighted by Gasteiger charge is -2.24. The predicted octanol–water partition coefficient (Wildman–Crippen LogP) is 3.60. The lowest BCUT2D eigenvalue weighted by atomic mass is 10.1. The highest BCUT2D eigenvalue weighted by molar-refractivity contribution is 5.79. The molecule has 1 aromatic carbocycles. The normalized spacial score (nSPS) is 12.9. The van der Waals surface area contributed by atoms with E-state index in [9.17, 15) is 13.2 Å². The number of aryl methyl sites for hydroxylation is 2. The molecule has 0 fully saturated rings. The van der Waals surface area contributed by atoms with Crippen molar-refractivity contribution >= 4 is 5.96 Å². The maximum Gasteiger partial charge on any atom is 0.416 e. The summed E-state index contributed by atoms with van der Waals surface area (Å²) in [5.41, 5.74) is 0.869. The van der Waals surface area contributed by atoms with Crippen LogP contribution in [0.3, 0.4) is 0 Å². The van der Waals surface area contributed by atoms with Crippen LogP contribution < -0.4 is 10.6 Å². The van der Waals surface area contributed by atoms with Gasteiger partial charge in [0.2, 0.25) is 0 Å². The van der Waals surface area contributed by atoms with Crippen LogP contribution in [0, 0.1) is 13.8 Å². The molecule has 9 heteroatoms. The minimum atomic E-state index is -4.49. The van der Waals surface area contributed by atoms with Crippen LogP contribution in [0.1, 0.15) is 36.4 Å². The first kappa shape index (κ1) is 22.7. The molecule has 160 valence electrons. The third-order valence-corrected chi connectivity index (χ3v) is 4.56. The summed E-state index contributed by atoms with van der Waals surface area (Å²) in [6, 6.07) is 6.05. The summed E-state index contributed by atoms with van der Waals surface area (Å²) in [7, 11) is 3.16. The average Bonchev–Trinajstić information content (AvgIpc) is 2.99. The lowest BCUT2D eigenvalue weighted by molar-refractivity contribution is -0.138. The molecule has 29 heavy (non-hydrogen) atoms. The van der Waals surface area contributed by atoms with Gasteiger partial charge in [-0.05, 0) is 51.5 Å². The highest BCUT2D eigenvalue weighted by atomic mass is 19.4. The van der Waals surface area contributed by atoms with Crippen LogP contribution in [0.5, 0.6) is 0 Å². The zero-order chi connectivity index (χ0) is 21.8. The fourth-order valence-electron chi connectivity index (χ4n) is 2.77. The Morgan fingerprint density at radius 3 is 2.38 bits per heavy atom. The number of rotatable bonds is 6. The van der Waals surface area contributed by atoms with E-state index in [1.807, 2.05) is 19.9 Å². The van der Waals surface area contributed by atoms with Gasteiger partial charge in [-0.2, -0.15) is 18.3 Å². The summed E-state index contributed by atoms with van der Waals surface area (Å²) in [6.45, 7) is 7.82. The summed E-state index contributed by atoms with van der Waals surface area (Å²) in [5, 5.41) is 10.3. The van der Waals surface area contributed by atoms with Crippen molar-refractivity contribution in [3.63, 3.8) is 0 Å². The largest absolute Gasteiger partial charge is 0.416 e. The average molecular weight is 411 g/mol. The standard InChI is InChI=1S/C20H28F3N5O/c1-13-9-14(2)28(27-13)16-8-7-15(17(10-16)20(21,22)23)11-25-18(24-5)26-12-19(3,4)29-6/h7-10H,11-12H2,1-6H3,(H2,24,25,26). The van der Waals surface area contributed by atoms with E-state index in [0.717, 1.165) is 17.5 Å². The summed E-state index contributed by atoms with van der Waals surface area (Å²) in [6.07, 6.45) is -4.49. The minimum Gasteiger partial charge on any atom is -0.377 e. The molecule has 0 unspecified atom stereocenters. The van der Waals surface area contributed by atoms with Crippen LogP contribution in [0.4, 0.5) is 13.2 Å². The number of aromatic nitrogens is 2. The molecule has 0 bridgehead atoms. The molecule has 2 aromatic rings. The molecule has 2 N–H and O–H groups in total. The first-order chi connectivity index (χ1) is 13.5. The Hall–Kier alpha value is -2.55. The van der Waals surface area contributed by atoms with Gasteiger partial charge in [-0.25, -0.2) is 4.68 Å². The molecule has 1 heterocycles. The number of benzene rings is 1. The first-order valence-corrected chi connectivity index (χ1v) is 9.20. The van der Waals surface area contributed by atoms with Crippen molar-refractivity contribution < 1.29 is 17.9 Å². The molecule has 6 nitrogen and oxygen atoms in total. The van der Waals surface area contributed by atoms with E-state index >= 15 is 0 Å². The summed E-state index contributed by atoms with van der Waals surface area (Å²) in [4.78, 5) is 4.06. The van der Waals surface area contributed by atoms with Crippen LogP contribution in [0.25, 0.3) is 5.69 Å². The highest BCUT2D eigenvalue weighted by Crippen LogP contribution is 2.33. The molecule has 0 atom stereocenters. The van der Waals surface area contributed by atoms with Gasteiger partial charge in [-0.1, -0.05) is 6.07 Å². The second-order valence-corrected chi connectivity index (χ2v) is 7.42. The third-order valence-electron chi connectivity index (χ3n) is 4.56. The van der Waals surface area contributed by atoms with E-state index in [1.54, 1.807) is 34.1 Å². The molecule has 0 amide bonds. The molecule has 0 spiro atoms. The maximum atomic E-state index is 13.7. The molecular weight excluding hydrogens is 383 g/mol. The molecule has 0 aliphatic carbocycles. The van der Waals surface area contributed by atoms with E-state index in [-0.39, 0.29) is 12.1 Å². The number of methoxy groups -OCH3 is 1. The Bertz CT molecular complexity index is 871. The molecule has 0 aliphatic heterocycles. The van der Waals surface area contributed by atoms with Gasteiger partial charge < -0.3 is 15.4 Å². The van der Waals surface area contributed by atoms with Crippen LogP contribution in [0.15, 0.2) is 29.3 Å². The molecule has 0 saturated carbocycles. The Kier molecular flexibility index (Phi) is 6.94. The fraction of sp³-hybridized carbons (Fsp3) is 0.500. The van der Waals surface area contributed by atoms with Crippen LogP contribution in [0.2, 0.25) is 0 Å². The van der Waals surface area contributed by atoms with Crippen LogP contribution in [-0.2, 0) is 17.5 Å². The van der Waals surface area contributed by atoms with Gasteiger partial charge in [0.05, 0.1) is 22.5 Å². The van der Waals surface area contributed by atoms with Crippen molar-refractivity contribution in [1.29, 1.82) is 0 Å². The number of nitrogens with zero attached hydrogens (tertiary/aromatic N) is 3. The van der Waals surface area contributed by atoms with Crippen LogP contribution >= 0.6 is 0 Å². The second kappa shape index (κ2) is 8.86. The summed E-state index contributed by atoms with van der Waals surface area (Å²) in [5.74, 6) is 0.394. The number of alkyl halides is 3. The number of guanidine groups is 1. The molecule has 2 rings (SSSR count). The van der Waals surface area contributed by atoms with E-state index in [0.29, 0.717) is 18.2 Å². The molecule has 0 saturated heterocycles. The molecule has 1 aromatic heterocycles. The number of nitrogens with one attached hydrogen (secondary N) is 2. The third kappa shape index (κ3) is 5.96. The first-order valence-electron chi connectivity index (χ1n) is 9.20. The Morgan fingerprint density at radius 2 is 1.86 bits per heavy atom. The maximum absolute atomic E-state index is 13.7. The van der Waals surface area contributed by atoms with Gasteiger partial charge in [0.15, 0.2) is 5.96 Å². The van der Waals surface area contributed by atoms with E-state index in [4.69, 9.17) is 4.74 Å². The Labute approximate surface area is 169 Å². The zero-order valence-electron chi connectivity index (χ0n) is 17.6. The highest BCUT2D eigenvalue weighted by Gasteiger charge is 2.34. The van der Waals surface area contributed by atoms with E-state index in [1.165, 1.54) is 10.7 Å². The number of halogens is 3. The Morgan fingerprint density at radius 1 is 1.17 bits per heavy atom. The number of hydrogen-bond acceptors (Lipinski definition) is 3. The van der Waals surface area contributed by atoms with Crippen molar-refractivity contribution in [2.45, 2.75) is 46.0 Å². The summed E-state index contributed by atoms with van der Waals surface area (Å²) < 4.78 is 47.9. The molecule has 0 aliphatic rings. The summed E-state index contributed by atoms with van der Waals surface area (Å²) >= 11 is 0. The Balaban J connectivity index is 2.23. The smallest absolute Gasteiger partial charge is 0.377 e. The van der Waals surface area contributed by atoms with E-state index < -0.39 is 17.3 Å². The minimum absolute atomic E-state index is 0.0284. The predicted molar refractivity (Wildman–Crippen MR) is 107 cm³/mol. The molecule has 0 radical (unpaired) electrons. The number of aliphatic imine (C=N–C) groups is 1. The SMILES string of the molecule is CN=C(NCc1ccc(-n2nc(C)cc2C)cc1C(F)(F)F)NCC(C)(C)OC. The monoisotopic (exact) mass is 411 g/mol. The lowest BCUT2D eigenvalue weighted by Crippen LogP contribution is -2.45. The molecular formula is C20H28F3N5O. The van der Waals surface area contributed by atoms with Gasteiger partial charge in [-0.3, -0.25) is 4.99 Å². The van der Waals surface area contributed by atoms with Gasteiger partial charge in [0, 0.05) is 32.9 Å². The van der Waals surface area contributed by atoms with Gasteiger partial charge in [-0.15, -0.1) is 0 Å². The van der Waals surface area contributed by atoms with Crippen molar-refractivity contribution in [1.82, 2.24) is 20.4 Å². The van der Waals surface area contributed by atoms with Crippen LogP contribution in [-0.4, -0.2) is 42.0 Å². The van der Waals surface area contributed by atoms with E-state index in [2.05, 4.69) is 20.7 Å².